The Labute approximate surface area is 151 Å². The third-order valence-electron chi connectivity index (χ3n) is 5.54. The molecule has 1 aliphatic carbocycles. The van der Waals surface area contributed by atoms with Crippen LogP contribution in [0.3, 0.4) is 0 Å². The van der Waals surface area contributed by atoms with Gasteiger partial charge in [-0.3, -0.25) is 0 Å². The minimum absolute atomic E-state index is 0.101. The third kappa shape index (κ3) is 6.67. The lowest BCUT2D eigenvalue weighted by Gasteiger charge is -2.41. The van der Waals surface area contributed by atoms with Crippen LogP contribution in [0.25, 0.3) is 0 Å². The molecule has 0 saturated heterocycles. The van der Waals surface area contributed by atoms with Gasteiger partial charge in [0.25, 0.3) is 0 Å². The molecule has 1 unspecified atom stereocenters. The van der Waals surface area contributed by atoms with Crippen LogP contribution >= 0.6 is 0 Å². The molecule has 0 radical (unpaired) electrons. The first-order chi connectivity index (χ1) is 11.7. The molecule has 0 heterocycles. The Bertz CT molecular complexity index is 415. The van der Waals surface area contributed by atoms with Crippen molar-refractivity contribution in [2.45, 2.75) is 77.0 Å². The molecule has 0 spiro atoms. The average Bonchev–Trinajstić information content (AvgIpc) is 2.59. The number of allylic oxidation sites excluding steroid dienone is 6. The van der Waals surface area contributed by atoms with E-state index in [0.717, 1.165) is 18.8 Å². The number of hydrogen-bond donors (Lipinski definition) is 0. The lowest BCUT2D eigenvalue weighted by atomic mass is 9.63. The Balaban J connectivity index is 2.51. The summed E-state index contributed by atoms with van der Waals surface area (Å²) >= 11 is 0. The van der Waals surface area contributed by atoms with Gasteiger partial charge < -0.3 is 0 Å². The summed E-state index contributed by atoms with van der Waals surface area (Å²) < 4.78 is 0. The summed E-state index contributed by atoms with van der Waals surface area (Å²) in [5.41, 5.74) is 1.66. The highest BCUT2D eigenvalue weighted by Gasteiger charge is 2.36. The zero-order chi connectivity index (χ0) is 17.7. The molecule has 0 amide bonds. The van der Waals surface area contributed by atoms with Crippen molar-refractivity contribution >= 4 is 0 Å². The molecule has 1 rings (SSSR count). The van der Waals surface area contributed by atoms with Gasteiger partial charge in [0.1, 0.15) is 0 Å². The minimum atomic E-state index is 0.101. The summed E-state index contributed by atoms with van der Waals surface area (Å²) in [5.74, 6) is 0.726. The molecule has 0 aromatic rings. The van der Waals surface area contributed by atoms with E-state index in [9.17, 15) is 0 Å². The lowest BCUT2D eigenvalue weighted by Crippen LogP contribution is -2.28. The van der Waals surface area contributed by atoms with Gasteiger partial charge in [-0.25, -0.2) is 0 Å². The minimum Gasteiger partial charge on any atom is -0.103 e. The lowest BCUT2D eigenvalue weighted by molar-refractivity contribution is 0.391. The predicted molar refractivity (Wildman–Crippen MR) is 110 cm³/mol. The van der Waals surface area contributed by atoms with E-state index in [0.29, 0.717) is 0 Å². The van der Waals surface area contributed by atoms with Crippen molar-refractivity contribution in [2.75, 3.05) is 0 Å². The molecule has 24 heavy (non-hydrogen) atoms. The van der Waals surface area contributed by atoms with Gasteiger partial charge in [0.15, 0.2) is 0 Å². The van der Waals surface area contributed by atoms with E-state index in [-0.39, 0.29) is 5.41 Å². The van der Waals surface area contributed by atoms with Crippen LogP contribution in [0.1, 0.15) is 77.0 Å². The van der Waals surface area contributed by atoms with Crippen LogP contribution in [0.5, 0.6) is 0 Å². The molecule has 0 aromatic carbocycles. The second-order valence-corrected chi connectivity index (χ2v) is 7.25. The molecule has 0 bridgehead atoms. The molecule has 1 aliphatic rings. The van der Waals surface area contributed by atoms with Gasteiger partial charge >= 0.3 is 0 Å². The van der Waals surface area contributed by atoms with Gasteiger partial charge in [0.05, 0.1) is 0 Å². The Kier molecular flexibility index (Phi) is 10.5. The molecule has 0 nitrogen and oxygen atoms in total. The summed E-state index contributed by atoms with van der Waals surface area (Å²) in [6.45, 7) is 15.7. The molecular weight excluding hydrogens is 288 g/mol. The van der Waals surface area contributed by atoms with Gasteiger partial charge in [-0.1, -0.05) is 61.6 Å². The van der Waals surface area contributed by atoms with Gasteiger partial charge in [-0.2, -0.15) is 0 Å². The largest absolute Gasteiger partial charge is 0.103 e. The molecule has 1 atom stereocenters. The molecule has 0 aromatic heterocycles. The maximum atomic E-state index is 4.04. The van der Waals surface area contributed by atoms with Gasteiger partial charge in [0, 0.05) is 5.41 Å². The van der Waals surface area contributed by atoms with Crippen LogP contribution in [0, 0.1) is 11.3 Å². The first kappa shape index (κ1) is 20.7. The normalized spacial score (nSPS) is 18.6. The molecule has 0 aliphatic heterocycles. The Morgan fingerprint density at radius 3 is 1.83 bits per heavy atom. The van der Waals surface area contributed by atoms with E-state index in [1.54, 1.807) is 5.57 Å². The van der Waals surface area contributed by atoms with Crippen molar-refractivity contribution in [3.05, 3.63) is 62.3 Å². The van der Waals surface area contributed by atoms with Crippen LogP contribution < -0.4 is 0 Å². The molecule has 0 heteroatoms. The fourth-order valence-corrected chi connectivity index (χ4v) is 3.69. The average molecular weight is 327 g/mol. The number of hydrogen-bond acceptors (Lipinski definition) is 0. The Morgan fingerprint density at radius 1 is 0.792 bits per heavy atom. The summed E-state index contributed by atoms with van der Waals surface area (Å²) in [6, 6.07) is 0. The molecule has 134 valence electrons. The zero-order valence-electron chi connectivity index (χ0n) is 15.8. The second-order valence-electron chi connectivity index (χ2n) is 7.25. The Morgan fingerprint density at radius 2 is 1.33 bits per heavy atom. The molecule has 1 saturated carbocycles. The van der Waals surface area contributed by atoms with E-state index in [1.807, 2.05) is 12.2 Å². The molecule has 0 N–H and O–H groups in total. The SMILES string of the molecule is C=CCCCCCCC(C=C1CCC1(C=C)C=C)CCCCC=C. The quantitative estimate of drug-likeness (QED) is 0.211. The summed E-state index contributed by atoms with van der Waals surface area (Å²) in [6.07, 6.45) is 26.1. The Hall–Kier alpha value is -1.30. The van der Waals surface area contributed by atoms with Crippen LogP contribution in [0.2, 0.25) is 0 Å². The summed E-state index contributed by atoms with van der Waals surface area (Å²) in [4.78, 5) is 0. The maximum absolute atomic E-state index is 4.04. The summed E-state index contributed by atoms with van der Waals surface area (Å²) in [5, 5.41) is 0. The van der Waals surface area contributed by atoms with Crippen LogP contribution in [-0.4, -0.2) is 0 Å². The maximum Gasteiger partial charge on any atom is 0.0269 e. The van der Waals surface area contributed by atoms with Crippen molar-refractivity contribution in [1.29, 1.82) is 0 Å². The standard InChI is InChI=1S/C24H38/c1-5-9-11-13-14-16-18-22(17-15-12-10-6-2)21-23-19-20-24(23,7-3)8-4/h5-8,21-22H,1-4,9-20H2. The highest BCUT2D eigenvalue weighted by Crippen LogP contribution is 2.49. The monoisotopic (exact) mass is 326 g/mol. The van der Waals surface area contributed by atoms with Gasteiger partial charge in [-0.05, 0) is 57.3 Å². The summed E-state index contributed by atoms with van der Waals surface area (Å²) in [7, 11) is 0. The topological polar surface area (TPSA) is 0 Å². The third-order valence-corrected chi connectivity index (χ3v) is 5.54. The fourth-order valence-electron chi connectivity index (χ4n) is 3.69. The fraction of sp³-hybridized carbons (Fsp3) is 0.583. The van der Waals surface area contributed by atoms with Crippen molar-refractivity contribution in [3.63, 3.8) is 0 Å². The van der Waals surface area contributed by atoms with Crippen LogP contribution in [0.4, 0.5) is 0 Å². The van der Waals surface area contributed by atoms with E-state index in [2.05, 4.69) is 44.5 Å². The highest BCUT2D eigenvalue weighted by molar-refractivity contribution is 5.35. The predicted octanol–water partition coefficient (Wildman–Crippen LogP) is 7.95. The molecular formula is C24H38. The van der Waals surface area contributed by atoms with Crippen molar-refractivity contribution in [1.82, 2.24) is 0 Å². The first-order valence-electron chi connectivity index (χ1n) is 9.92. The van der Waals surface area contributed by atoms with Gasteiger partial charge in [-0.15, -0.1) is 26.3 Å². The first-order valence-corrected chi connectivity index (χ1v) is 9.92. The van der Waals surface area contributed by atoms with E-state index in [1.165, 1.54) is 64.2 Å². The second kappa shape index (κ2) is 12.1. The molecule has 1 fully saturated rings. The zero-order valence-corrected chi connectivity index (χ0v) is 15.8. The smallest absolute Gasteiger partial charge is 0.0269 e. The highest BCUT2D eigenvalue weighted by atomic mass is 14.4. The number of rotatable bonds is 15. The van der Waals surface area contributed by atoms with Crippen LogP contribution in [-0.2, 0) is 0 Å². The van der Waals surface area contributed by atoms with Crippen molar-refractivity contribution in [3.8, 4) is 0 Å². The van der Waals surface area contributed by atoms with E-state index >= 15 is 0 Å². The van der Waals surface area contributed by atoms with E-state index in [4.69, 9.17) is 0 Å². The van der Waals surface area contributed by atoms with Gasteiger partial charge in [0.2, 0.25) is 0 Å². The number of unbranched alkanes of at least 4 members (excludes halogenated alkanes) is 6. The van der Waals surface area contributed by atoms with Crippen LogP contribution in [0.15, 0.2) is 62.3 Å². The van der Waals surface area contributed by atoms with Crippen molar-refractivity contribution < 1.29 is 0 Å². The van der Waals surface area contributed by atoms with E-state index < -0.39 is 0 Å². The van der Waals surface area contributed by atoms with Crippen molar-refractivity contribution in [2.24, 2.45) is 11.3 Å².